The van der Waals surface area contributed by atoms with Crippen molar-refractivity contribution in [3.05, 3.63) is 29.8 Å². The third-order valence-corrected chi connectivity index (χ3v) is 3.20. The number of piperidine rings is 1. The molecule has 0 aromatic heterocycles. The molecule has 0 radical (unpaired) electrons. The van der Waals surface area contributed by atoms with Gasteiger partial charge in [0.05, 0.1) is 6.42 Å². The number of carbonyl (C=O) groups excluding carboxylic acids is 1. The summed E-state index contributed by atoms with van der Waals surface area (Å²) in [5, 5.41) is 6.11. The molecule has 1 atom stereocenters. The van der Waals surface area contributed by atoms with E-state index in [2.05, 4.69) is 15.4 Å². The molecular formula is C14H18F2N2O2. The minimum atomic E-state index is -2.89. The third-order valence-electron chi connectivity index (χ3n) is 3.20. The molecule has 1 aromatic carbocycles. The van der Waals surface area contributed by atoms with E-state index in [0.29, 0.717) is 5.56 Å². The number of amides is 1. The SMILES string of the molecule is O=C(Cc1ccccc1OC(F)F)N[C@H]1CCCNC1. The van der Waals surface area contributed by atoms with Gasteiger partial charge >= 0.3 is 6.61 Å². The smallest absolute Gasteiger partial charge is 0.387 e. The standard InChI is InChI=1S/C14H18F2N2O2/c15-14(16)20-12-6-2-1-4-10(12)8-13(19)18-11-5-3-7-17-9-11/h1-2,4,6,11,14,17H,3,5,7-9H2,(H,18,19)/t11-/m0/s1. The van der Waals surface area contributed by atoms with Crippen molar-refractivity contribution >= 4 is 5.91 Å². The van der Waals surface area contributed by atoms with Crippen LogP contribution in [0.15, 0.2) is 24.3 Å². The maximum atomic E-state index is 12.3. The summed E-state index contributed by atoms with van der Waals surface area (Å²) in [7, 11) is 0. The molecule has 6 heteroatoms. The van der Waals surface area contributed by atoms with Gasteiger partial charge in [0, 0.05) is 18.2 Å². The fourth-order valence-electron chi connectivity index (χ4n) is 2.29. The Bertz CT molecular complexity index is 449. The Balaban J connectivity index is 1.93. The van der Waals surface area contributed by atoms with E-state index < -0.39 is 6.61 Å². The normalized spacial score (nSPS) is 18.9. The zero-order valence-electron chi connectivity index (χ0n) is 11.1. The van der Waals surface area contributed by atoms with Crippen LogP contribution >= 0.6 is 0 Å². The van der Waals surface area contributed by atoms with Crippen molar-refractivity contribution in [3.8, 4) is 5.75 Å². The first-order valence-corrected chi connectivity index (χ1v) is 6.68. The Kier molecular flexibility index (Phi) is 5.29. The van der Waals surface area contributed by atoms with E-state index in [1.54, 1.807) is 18.2 Å². The van der Waals surface area contributed by atoms with Gasteiger partial charge in [-0.05, 0) is 25.5 Å². The van der Waals surface area contributed by atoms with Crippen molar-refractivity contribution in [2.75, 3.05) is 13.1 Å². The topological polar surface area (TPSA) is 50.4 Å². The zero-order chi connectivity index (χ0) is 14.4. The van der Waals surface area contributed by atoms with Crippen molar-refractivity contribution in [1.82, 2.24) is 10.6 Å². The van der Waals surface area contributed by atoms with E-state index in [4.69, 9.17) is 0 Å². The van der Waals surface area contributed by atoms with Crippen LogP contribution in [0.1, 0.15) is 18.4 Å². The molecule has 2 N–H and O–H groups in total. The van der Waals surface area contributed by atoms with E-state index in [-0.39, 0.29) is 24.1 Å². The number of para-hydroxylation sites is 1. The fourth-order valence-corrected chi connectivity index (χ4v) is 2.29. The minimum absolute atomic E-state index is 0.0411. The Morgan fingerprint density at radius 3 is 2.95 bits per heavy atom. The lowest BCUT2D eigenvalue weighted by Gasteiger charge is -2.24. The highest BCUT2D eigenvalue weighted by Gasteiger charge is 2.17. The molecule has 0 bridgehead atoms. The Morgan fingerprint density at radius 1 is 1.45 bits per heavy atom. The van der Waals surface area contributed by atoms with E-state index in [1.807, 2.05) is 0 Å². The van der Waals surface area contributed by atoms with Gasteiger partial charge in [0.2, 0.25) is 5.91 Å². The number of rotatable bonds is 5. The van der Waals surface area contributed by atoms with Crippen molar-refractivity contribution in [3.63, 3.8) is 0 Å². The van der Waals surface area contributed by atoms with Crippen molar-refractivity contribution in [1.29, 1.82) is 0 Å². The minimum Gasteiger partial charge on any atom is -0.435 e. The number of hydrogen-bond donors (Lipinski definition) is 2. The van der Waals surface area contributed by atoms with Crippen LogP contribution in [0.2, 0.25) is 0 Å². The van der Waals surface area contributed by atoms with Crippen LogP contribution < -0.4 is 15.4 Å². The first-order chi connectivity index (χ1) is 9.65. The average molecular weight is 284 g/mol. The first-order valence-electron chi connectivity index (χ1n) is 6.68. The second kappa shape index (κ2) is 7.19. The number of carbonyl (C=O) groups is 1. The number of benzene rings is 1. The number of ether oxygens (including phenoxy) is 1. The van der Waals surface area contributed by atoms with Gasteiger partial charge < -0.3 is 15.4 Å². The molecule has 1 fully saturated rings. The van der Waals surface area contributed by atoms with Crippen molar-refractivity contribution < 1.29 is 18.3 Å². The van der Waals surface area contributed by atoms with Crippen LogP contribution in [0.25, 0.3) is 0 Å². The second-order valence-corrected chi connectivity index (χ2v) is 4.77. The van der Waals surface area contributed by atoms with Gasteiger partial charge in [0.1, 0.15) is 5.75 Å². The summed E-state index contributed by atoms with van der Waals surface area (Å²) < 4.78 is 29.0. The second-order valence-electron chi connectivity index (χ2n) is 4.77. The molecule has 1 heterocycles. The highest BCUT2D eigenvalue weighted by Crippen LogP contribution is 2.20. The van der Waals surface area contributed by atoms with Gasteiger partial charge in [-0.15, -0.1) is 0 Å². The molecule has 0 aliphatic carbocycles. The lowest BCUT2D eigenvalue weighted by atomic mass is 10.1. The monoisotopic (exact) mass is 284 g/mol. The van der Waals surface area contributed by atoms with Crippen molar-refractivity contribution in [2.45, 2.75) is 31.9 Å². The summed E-state index contributed by atoms with van der Waals surface area (Å²) >= 11 is 0. The van der Waals surface area contributed by atoms with Gasteiger partial charge in [0.25, 0.3) is 0 Å². The summed E-state index contributed by atoms with van der Waals surface area (Å²) in [6.45, 7) is -1.17. The Labute approximate surface area is 116 Å². The van der Waals surface area contributed by atoms with E-state index in [0.717, 1.165) is 25.9 Å². The van der Waals surface area contributed by atoms with E-state index >= 15 is 0 Å². The maximum Gasteiger partial charge on any atom is 0.387 e. The molecule has 20 heavy (non-hydrogen) atoms. The summed E-state index contributed by atoms with van der Waals surface area (Å²) in [5.41, 5.74) is 0.467. The molecule has 110 valence electrons. The van der Waals surface area contributed by atoms with Gasteiger partial charge in [-0.3, -0.25) is 4.79 Å². The molecule has 4 nitrogen and oxygen atoms in total. The lowest BCUT2D eigenvalue weighted by molar-refractivity contribution is -0.121. The van der Waals surface area contributed by atoms with Crippen molar-refractivity contribution in [2.24, 2.45) is 0 Å². The number of alkyl halides is 2. The molecule has 0 saturated carbocycles. The number of hydrogen-bond acceptors (Lipinski definition) is 3. The largest absolute Gasteiger partial charge is 0.435 e. The van der Waals surface area contributed by atoms with E-state index in [9.17, 15) is 13.6 Å². The lowest BCUT2D eigenvalue weighted by Crippen LogP contribution is -2.46. The number of halogens is 2. The maximum absolute atomic E-state index is 12.3. The quantitative estimate of drug-likeness (QED) is 0.865. The average Bonchev–Trinajstić information content (AvgIpc) is 2.41. The molecule has 1 aromatic rings. The molecule has 1 saturated heterocycles. The highest BCUT2D eigenvalue weighted by molar-refractivity contribution is 5.79. The predicted molar refractivity (Wildman–Crippen MR) is 70.8 cm³/mol. The van der Waals surface area contributed by atoms with Gasteiger partial charge in [0.15, 0.2) is 0 Å². The summed E-state index contributed by atoms with van der Waals surface area (Å²) in [6.07, 6.45) is 2.00. The highest BCUT2D eigenvalue weighted by atomic mass is 19.3. The molecular weight excluding hydrogens is 266 g/mol. The van der Waals surface area contributed by atoms with Crippen LogP contribution in [0.3, 0.4) is 0 Å². The van der Waals surface area contributed by atoms with Gasteiger partial charge in [-0.1, -0.05) is 18.2 Å². The molecule has 0 spiro atoms. The van der Waals surface area contributed by atoms with Crippen LogP contribution in [0.4, 0.5) is 8.78 Å². The first kappa shape index (κ1) is 14.7. The summed E-state index contributed by atoms with van der Waals surface area (Å²) in [4.78, 5) is 11.9. The summed E-state index contributed by atoms with van der Waals surface area (Å²) in [6, 6.07) is 6.47. The van der Waals surface area contributed by atoms with Crippen LogP contribution in [-0.2, 0) is 11.2 Å². The number of nitrogens with one attached hydrogen (secondary N) is 2. The molecule has 1 amide bonds. The predicted octanol–water partition coefficient (Wildman–Crippen LogP) is 1.70. The third kappa shape index (κ3) is 4.45. The molecule has 1 aliphatic heterocycles. The van der Waals surface area contributed by atoms with Gasteiger partial charge in [-0.25, -0.2) is 0 Å². The van der Waals surface area contributed by atoms with Gasteiger partial charge in [-0.2, -0.15) is 8.78 Å². The molecule has 0 unspecified atom stereocenters. The Hall–Kier alpha value is -1.69. The van der Waals surface area contributed by atoms with E-state index in [1.165, 1.54) is 6.07 Å². The van der Waals surface area contributed by atoms with Crippen LogP contribution in [0, 0.1) is 0 Å². The fraction of sp³-hybridized carbons (Fsp3) is 0.500. The zero-order valence-corrected chi connectivity index (χ0v) is 11.1. The molecule has 1 aliphatic rings. The summed E-state index contributed by atoms with van der Waals surface area (Å²) in [5.74, 6) is -0.122. The molecule has 2 rings (SSSR count). The van der Waals surface area contributed by atoms with Crippen LogP contribution in [0.5, 0.6) is 5.75 Å². The van der Waals surface area contributed by atoms with Crippen LogP contribution in [-0.4, -0.2) is 31.7 Å². The Morgan fingerprint density at radius 2 is 2.25 bits per heavy atom.